The van der Waals surface area contributed by atoms with E-state index in [0.717, 1.165) is 11.4 Å². The van der Waals surface area contributed by atoms with Gasteiger partial charge < -0.3 is 34.4 Å². The Kier molecular flexibility index (Phi) is 7.30. The van der Waals surface area contributed by atoms with Crippen LogP contribution in [0.5, 0.6) is 0 Å². The molecule has 0 saturated carbocycles. The van der Waals surface area contributed by atoms with Crippen molar-refractivity contribution in [2.75, 3.05) is 34.4 Å². The maximum absolute atomic E-state index is 5.38. The topological polar surface area (TPSA) is 156 Å². The smallest absolute Gasteiger partial charge is 0.0334 e. The summed E-state index contributed by atoms with van der Waals surface area (Å²) in [6, 6.07) is 21.4. The molecule has 6 heteroatoms. The van der Waals surface area contributed by atoms with Crippen molar-refractivity contribution >= 4 is 34.1 Å². The summed E-state index contributed by atoms with van der Waals surface area (Å²) in [4.78, 5) is 0. The van der Waals surface area contributed by atoms with Gasteiger partial charge in [0.1, 0.15) is 0 Å². The van der Waals surface area contributed by atoms with E-state index < -0.39 is 0 Å². The van der Waals surface area contributed by atoms with Crippen molar-refractivity contribution in [1.82, 2.24) is 0 Å². The molecule has 6 nitrogen and oxygen atoms in total. The lowest BCUT2D eigenvalue weighted by molar-refractivity contribution is 1.67. The summed E-state index contributed by atoms with van der Waals surface area (Å²) in [5, 5.41) is 0. The van der Waals surface area contributed by atoms with E-state index in [2.05, 4.69) is 0 Å². The molecule has 0 aliphatic carbocycles. The Morgan fingerprint density at radius 2 is 0.583 bits per heavy atom. The van der Waals surface area contributed by atoms with Crippen molar-refractivity contribution in [3.05, 3.63) is 72.8 Å². The Morgan fingerprint density at radius 3 is 0.750 bits per heavy atom. The minimum atomic E-state index is 0.713. The minimum absolute atomic E-state index is 0.713. The van der Waals surface area contributed by atoms with Gasteiger partial charge in [-0.05, 0) is 60.7 Å². The third-order valence-corrected chi connectivity index (χ3v) is 2.76. The van der Waals surface area contributed by atoms with Crippen LogP contribution in [-0.4, -0.2) is 0 Å². The number of hydrogen-bond acceptors (Lipinski definition) is 6. The zero-order valence-corrected chi connectivity index (χ0v) is 13.4. The molecule has 0 amide bonds. The number of hydrogen-bond donors (Lipinski definition) is 6. The molecule has 0 saturated heterocycles. The average molecular weight is 324 g/mol. The average Bonchev–Trinajstić information content (AvgIpc) is 2.51. The minimum Gasteiger partial charge on any atom is -0.399 e. The molecule has 3 aromatic carbocycles. The van der Waals surface area contributed by atoms with Gasteiger partial charge in [-0.2, -0.15) is 0 Å². The number of nitrogen functional groups attached to an aromatic ring is 6. The third kappa shape index (κ3) is 8.04. The van der Waals surface area contributed by atoms with E-state index >= 15 is 0 Å². The first-order chi connectivity index (χ1) is 11.4. The molecule has 0 radical (unpaired) electrons. The summed E-state index contributed by atoms with van der Waals surface area (Å²) in [5.41, 5.74) is 36.6. The van der Waals surface area contributed by atoms with Crippen LogP contribution in [-0.2, 0) is 0 Å². The molecule has 0 heterocycles. The second-order valence-electron chi connectivity index (χ2n) is 5.01. The van der Waals surface area contributed by atoms with Crippen LogP contribution in [0.25, 0.3) is 0 Å². The predicted octanol–water partition coefficient (Wildman–Crippen LogP) is 2.55. The van der Waals surface area contributed by atoms with Crippen LogP contribution in [0.15, 0.2) is 72.8 Å². The van der Waals surface area contributed by atoms with Crippen molar-refractivity contribution in [2.24, 2.45) is 0 Å². The zero-order chi connectivity index (χ0) is 17.9. The van der Waals surface area contributed by atoms with Crippen LogP contribution in [0.1, 0.15) is 0 Å². The molecule has 0 aromatic heterocycles. The lowest BCUT2D eigenvalue weighted by atomic mass is 10.3. The Labute approximate surface area is 142 Å². The van der Waals surface area contributed by atoms with Gasteiger partial charge in [-0.1, -0.05) is 12.1 Å². The Morgan fingerprint density at radius 1 is 0.333 bits per heavy atom. The molecule has 3 aromatic rings. The van der Waals surface area contributed by atoms with Gasteiger partial charge in [0.15, 0.2) is 0 Å². The quantitative estimate of drug-likeness (QED) is 0.349. The van der Waals surface area contributed by atoms with Crippen molar-refractivity contribution < 1.29 is 0 Å². The van der Waals surface area contributed by atoms with E-state index in [1.165, 1.54) is 0 Å². The highest BCUT2D eigenvalue weighted by molar-refractivity contribution is 5.51. The lowest BCUT2D eigenvalue weighted by Crippen LogP contribution is -1.87. The van der Waals surface area contributed by atoms with Crippen LogP contribution in [0.2, 0.25) is 0 Å². The summed E-state index contributed by atoms with van der Waals surface area (Å²) >= 11 is 0. The Balaban J connectivity index is 0.000000180. The number of rotatable bonds is 0. The molecular formula is C18H24N6. The number of anilines is 6. The van der Waals surface area contributed by atoms with Crippen LogP contribution >= 0.6 is 0 Å². The van der Waals surface area contributed by atoms with Crippen molar-refractivity contribution in [2.45, 2.75) is 0 Å². The van der Waals surface area contributed by atoms with Crippen LogP contribution in [0.4, 0.5) is 34.1 Å². The highest BCUT2D eigenvalue weighted by Gasteiger charge is 1.82. The van der Waals surface area contributed by atoms with E-state index in [1.54, 1.807) is 60.7 Å². The van der Waals surface area contributed by atoms with E-state index in [0.29, 0.717) is 22.7 Å². The molecule has 0 atom stereocenters. The van der Waals surface area contributed by atoms with Gasteiger partial charge in [0.2, 0.25) is 0 Å². The second-order valence-corrected chi connectivity index (χ2v) is 5.01. The van der Waals surface area contributed by atoms with E-state index in [9.17, 15) is 0 Å². The molecule has 12 N–H and O–H groups in total. The summed E-state index contributed by atoms with van der Waals surface area (Å²) in [7, 11) is 0. The summed E-state index contributed by atoms with van der Waals surface area (Å²) < 4.78 is 0. The van der Waals surface area contributed by atoms with Gasteiger partial charge in [0, 0.05) is 34.1 Å². The van der Waals surface area contributed by atoms with Crippen LogP contribution in [0, 0.1) is 0 Å². The van der Waals surface area contributed by atoms with Crippen LogP contribution < -0.4 is 34.4 Å². The van der Waals surface area contributed by atoms with Crippen molar-refractivity contribution in [3.63, 3.8) is 0 Å². The molecule has 0 fully saturated rings. The molecule has 3 rings (SSSR count). The third-order valence-electron chi connectivity index (χ3n) is 2.76. The molecule has 24 heavy (non-hydrogen) atoms. The second kappa shape index (κ2) is 9.47. The molecule has 0 spiro atoms. The number of nitrogens with two attached hydrogens (primary N) is 6. The first kappa shape index (κ1) is 18.5. The van der Waals surface area contributed by atoms with Gasteiger partial charge in [0.05, 0.1) is 0 Å². The highest BCUT2D eigenvalue weighted by Crippen LogP contribution is 2.07. The van der Waals surface area contributed by atoms with Gasteiger partial charge >= 0.3 is 0 Å². The Bertz CT molecular complexity index is 642. The molecule has 0 unspecified atom stereocenters. The largest absolute Gasteiger partial charge is 0.399 e. The maximum atomic E-state index is 5.38. The van der Waals surface area contributed by atoms with Gasteiger partial charge in [0.25, 0.3) is 0 Å². The summed E-state index contributed by atoms with van der Waals surface area (Å²) in [6.45, 7) is 0. The van der Waals surface area contributed by atoms with Crippen LogP contribution in [0.3, 0.4) is 0 Å². The Hall–Kier alpha value is -3.54. The molecule has 0 aliphatic rings. The fourth-order valence-electron chi connectivity index (χ4n) is 1.61. The predicted molar refractivity (Wildman–Crippen MR) is 106 cm³/mol. The van der Waals surface area contributed by atoms with E-state index in [-0.39, 0.29) is 0 Å². The first-order valence-corrected chi connectivity index (χ1v) is 7.20. The first-order valence-electron chi connectivity index (χ1n) is 7.20. The van der Waals surface area contributed by atoms with E-state index in [1.807, 2.05) is 12.1 Å². The van der Waals surface area contributed by atoms with Gasteiger partial charge in [-0.25, -0.2) is 0 Å². The standard InChI is InChI=1S/3C6H8N2/c7-5-1-2-6(8)4-3-5;2*7-5-2-1-3-6(8)4-5/h3*1-4H,7-8H2. The van der Waals surface area contributed by atoms with Gasteiger partial charge in [-0.3, -0.25) is 0 Å². The normalized spacial score (nSPS) is 9.00. The SMILES string of the molecule is Nc1ccc(N)cc1.Nc1cccc(N)c1.Nc1cccc(N)c1. The molecular weight excluding hydrogens is 300 g/mol. The maximum Gasteiger partial charge on any atom is 0.0334 e. The zero-order valence-electron chi connectivity index (χ0n) is 13.4. The fraction of sp³-hybridized carbons (Fsp3) is 0. The van der Waals surface area contributed by atoms with Crippen molar-refractivity contribution in [3.8, 4) is 0 Å². The molecule has 0 bridgehead atoms. The summed E-state index contributed by atoms with van der Waals surface area (Å²) in [5.74, 6) is 0. The van der Waals surface area contributed by atoms with Crippen molar-refractivity contribution in [1.29, 1.82) is 0 Å². The molecule has 0 aliphatic heterocycles. The number of benzene rings is 3. The van der Waals surface area contributed by atoms with Gasteiger partial charge in [-0.15, -0.1) is 0 Å². The summed E-state index contributed by atoms with van der Waals surface area (Å²) in [6.07, 6.45) is 0. The molecule has 126 valence electrons. The highest BCUT2D eigenvalue weighted by atomic mass is 14.6. The van der Waals surface area contributed by atoms with E-state index in [4.69, 9.17) is 34.4 Å². The lowest BCUT2D eigenvalue weighted by Gasteiger charge is -1.91. The monoisotopic (exact) mass is 324 g/mol. The fourth-order valence-corrected chi connectivity index (χ4v) is 1.61.